The number of fused-ring (bicyclic) bond motifs is 1. The lowest BCUT2D eigenvalue weighted by atomic mass is 9.43. The van der Waals surface area contributed by atoms with Crippen LogP contribution in [0.1, 0.15) is 49.7 Å². The summed E-state index contributed by atoms with van der Waals surface area (Å²) >= 11 is 0. The molecule has 0 spiro atoms. The Bertz CT molecular complexity index is 1080. The molecular formula is C30H42N4O2. The van der Waals surface area contributed by atoms with Gasteiger partial charge in [0, 0.05) is 56.8 Å². The summed E-state index contributed by atoms with van der Waals surface area (Å²) < 4.78 is 5.80. The highest BCUT2D eigenvalue weighted by molar-refractivity contribution is 5.76. The Balaban J connectivity index is 1.20. The van der Waals surface area contributed by atoms with Gasteiger partial charge in [-0.05, 0) is 105 Å². The molecule has 6 atom stereocenters. The molecule has 3 aliphatic heterocycles. The normalized spacial score (nSPS) is 41.3. The van der Waals surface area contributed by atoms with Crippen molar-refractivity contribution in [2.75, 3.05) is 60.0 Å². The van der Waals surface area contributed by atoms with Crippen LogP contribution in [0.4, 0.5) is 4.79 Å². The average molecular weight is 491 g/mol. The molecule has 7 aliphatic rings. The van der Waals surface area contributed by atoms with E-state index in [4.69, 9.17) is 4.74 Å². The van der Waals surface area contributed by atoms with E-state index in [2.05, 4.69) is 44.8 Å². The topological polar surface area (TPSA) is 39.3 Å². The molecule has 36 heavy (non-hydrogen) atoms. The number of methoxy groups -OCH3 is 1. The van der Waals surface area contributed by atoms with Crippen LogP contribution in [0.15, 0.2) is 18.2 Å². The molecule has 8 rings (SSSR count). The number of likely N-dealkylation sites (N-methyl/N-ethyl adjacent to an activating group) is 1. The van der Waals surface area contributed by atoms with Gasteiger partial charge in [-0.2, -0.15) is 0 Å². The van der Waals surface area contributed by atoms with Crippen LogP contribution in [0, 0.1) is 23.2 Å². The number of carbonyl (C=O) groups excluding carboxylic acids is 1. The summed E-state index contributed by atoms with van der Waals surface area (Å²) in [5.41, 5.74) is 3.77. The summed E-state index contributed by atoms with van der Waals surface area (Å²) in [5.74, 6) is 3.22. The minimum Gasteiger partial charge on any atom is -0.497 e. The van der Waals surface area contributed by atoms with Gasteiger partial charge in [0.25, 0.3) is 0 Å². The van der Waals surface area contributed by atoms with E-state index in [1.807, 2.05) is 7.11 Å². The van der Waals surface area contributed by atoms with Crippen molar-refractivity contribution >= 4 is 6.03 Å². The maximum absolute atomic E-state index is 13.9. The predicted molar refractivity (Wildman–Crippen MR) is 139 cm³/mol. The van der Waals surface area contributed by atoms with Gasteiger partial charge in [0.2, 0.25) is 0 Å². The van der Waals surface area contributed by atoms with E-state index in [0.29, 0.717) is 35.4 Å². The maximum Gasteiger partial charge on any atom is 0.320 e. The molecular weight excluding hydrogens is 448 g/mol. The largest absolute Gasteiger partial charge is 0.497 e. The molecule has 4 bridgehead atoms. The van der Waals surface area contributed by atoms with Crippen molar-refractivity contribution < 1.29 is 9.53 Å². The lowest BCUT2D eigenvalue weighted by molar-refractivity contribution is -0.102. The third kappa shape index (κ3) is 2.78. The lowest BCUT2D eigenvalue weighted by Crippen LogP contribution is -2.70. The van der Waals surface area contributed by atoms with Gasteiger partial charge in [-0.1, -0.05) is 6.07 Å². The third-order valence-electron chi connectivity index (χ3n) is 12.0. The first-order valence-electron chi connectivity index (χ1n) is 14.7. The molecule has 2 amide bonds. The van der Waals surface area contributed by atoms with E-state index in [1.165, 1.54) is 58.0 Å². The number of piperazine rings is 1. The summed E-state index contributed by atoms with van der Waals surface area (Å²) in [7, 11) is 3.98. The molecule has 4 aliphatic carbocycles. The summed E-state index contributed by atoms with van der Waals surface area (Å²) in [5, 5.41) is 0. The number of ether oxygens (including phenoxy) is 1. The van der Waals surface area contributed by atoms with Crippen molar-refractivity contribution in [1.82, 2.24) is 19.6 Å². The minimum atomic E-state index is 0.213. The zero-order chi connectivity index (χ0) is 24.2. The number of hydrogen-bond acceptors (Lipinski definition) is 4. The molecule has 194 valence electrons. The number of likely N-dealkylation sites (tertiary alicyclic amines) is 2. The summed E-state index contributed by atoms with van der Waals surface area (Å²) in [6, 6.07) is 8.42. The van der Waals surface area contributed by atoms with Crippen LogP contribution in [0.25, 0.3) is 0 Å². The molecule has 1 aromatic carbocycles. The molecule has 3 saturated heterocycles. The number of piperidine rings is 1. The van der Waals surface area contributed by atoms with E-state index in [1.54, 1.807) is 11.1 Å². The van der Waals surface area contributed by atoms with Gasteiger partial charge >= 0.3 is 6.03 Å². The Morgan fingerprint density at radius 3 is 2.69 bits per heavy atom. The van der Waals surface area contributed by atoms with Gasteiger partial charge in [-0.3, -0.25) is 4.90 Å². The van der Waals surface area contributed by atoms with Crippen LogP contribution in [0.5, 0.6) is 5.75 Å². The maximum atomic E-state index is 13.9. The molecule has 3 saturated carbocycles. The predicted octanol–water partition coefficient (Wildman–Crippen LogP) is 3.44. The van der Waals surface area contributed by atoms with Gasteiger partial charge < -0.3 is 19.4 Å². The Morgan fingerprint density at radius 2 is 1.92 bits per heavy atom. The third-order valence-corrected chi connectivity index (χ3v) is 12.0. The van der Waals surface area contributed by atoms with Crippen LogP contribution in [-0.4, -0.2) is 97.7 Å². The second kappa shape index (κ2) is 7.63. The van der Waals surface area contributed by atoms with E-state index in [-0.39, 0.29) is 5.41 Å². The fourth-order valence-electron chi connectivity index (χ4n) is 10.5. The van der Waals surface area contributed by atoms with E-state index in [0.717, 1.165) is 44.4 Å². The number of hydrogen-bond donors (Lipinski definition) is 0. The molecule has 6 fully saturated rings. The first-order valence-corrected chi connectivity index (χ1v) is 14.7. The summed E-state index contributed by atoms with van der Waals surface area (Å²) in [6.45, 7) is 7.29. The van der Waals surface area contributed by atoms with E-state index in [9.17, 15) is 4.79 Å². The van der Waals surface area contributed by atoms with Gasteiger partial charge in [-0.25, -0.2) is 4.79 Å². The second-order valence-electron chi connectivity index (χ2n) is 13.4. The fraction of sp³-hybridized carbons (Fsp3) is 0.767. The van der Waals surface area contributed by atoms with E-state index >= 15 is 0 Å². The fourth-order valence-corrected chi connectivity index (χ4v) is 10.5. The Hall–Kier alpha value is -1.79. The highest BCUT2D eigenvalue weighted by atomic mass is 16.5. The van der Waals surface area contributed by atoms with Crippen molar-refractivity contribution in [3.63, 3.8) is 0 Å². The molecule has 0 aromatic heterocycles. The van der Waals surface area contributed by atoms with Crippen LogP contribution in [0.3, 0.4) is 0 Å². The van der Waals surface area contributed by atoms with Gasteiger partial charge in [0.1, 0.15) is 5.75 Å². The van der Waals surface area contributed by atoms with Crippen LogP contribution < -0.4 is 4.74 Å². The smallest absolute Gasteiger partial charge is 0.320 e. The molecule has 0 N–H and O–H groups in total. The average Bonchev–Trinajstić information content (AvgIpc) is 3.58. The van der Waals surface area contributed by atoms with Crippen molar-refractivity contribution in [2.24, 2.45) is 23.2 Å². The monoisotopic (exact) mass is 490 g/mol. The quantitative estimate of drug-likeness (QED) is 0.651. The minimum absolute atomic E-state index is 0.213. The number of carbonyl (C=O) groups is 1. The zero-order valence-electron chi connectivity index (χ0n) is 22.1. The SMILES string of the molecule is COc1ccc2c(c1)C13CCN(CC4CC4)C(C2)C12CCC1C3[C@@H](CN1C(=O)N1CCN(C)CC1)C2. The molecule has 3 heterocycles. The van der Waals surface area contributed by atoms with Crippen LogP contribution in [0.2, 0.25) is 0 Å². The van der Waals surface area contributed by atoms with Crippen molar-refractivity contribution in [3.05, 3.63) is 29.3 Å². The Morgan fingerprint density at radius 1 is 1.08 bits per heavy atom. The number of amides is 2. The van der Waals surface area contributed by atoms with Crippen LogP contribution in [-0.2, 0) is 11.8 Å². The Kier molecular flexibility index (Phi) is 4.71. The van der Waals surface area contributed by atoms with Gasteiger partial charge in [-0.15, -0.1) is 0 Å². The molecule has 1 aromatic rings. The van der Waals surface area contributed by atoms with Gasteiger partial charge in [0.05, 0.1) is 7.11 Å². The lowest BCUT2D eigenvalue weighted by Gasteiger charge is -2.66. The molecule has 6 nitrogen and oxygen atoms in total. The molecule has 6 heteroatoms. The summed E-state index contributed by atoms with van der Waals surface area (Å²) in [6.07, 6.45) is 9.17. The van der Waals surface area contributed by atoms with Crippen molar-refractivity contribution in [2.45, 2.75) is 62.4 Å². The van der Waals surface area contributed by atoms with Crippen LogP contribution >= 0.6 is 0 Å². The zero-order valence-corrected chi connectivity index (χ0v) is 22.1. The number of urea groups is 1. The van der Waals surface area contributed by atoms with Crippen molar-refractivity contribution in [3.8, 4) is 5.75 Å². The van der Waals surface area contributed by atoms with Gasteiger partial charge in [0.15, 0.2) is 0 Å². The highest BCUT2D eigenvalue weighted by Crippen LogP contribution is 2.75. The summed E-state index contributed by atoms with van der Waals surface area (Å²) in [4.78, 5) is 23.7. The number of rotatable bonds is 3. The number of benzene rings is 1. The molecule has 0 radical (unpaired) electrons. The highest BCUT2D eigenvalue weighted by Gasteiger charge is 2.76. The Labute approximate surface area is 215 Å². The van der Waals surface area contributed by atoms with E-state index < -0.39 is 0 Å². The second-order valence-corrected chi connectivity index (χ2v) is 13.4. The number of nitrogens with zero attached hydrogens (tertiary/aromatic N) is 4. The first-order chi connectivity index (χ1) is 17.5. The first kappa shape index (κ1) is 22.2. The standard InChI is InChI=1S/C30H42N4O2/c1-31-11-13-32(14-12-31)28(35)34-19-22-17-29-8-7-25(34)27(22)30(29)9-10-33(18-20-3-4-20)26(29)15-21-5-6-23(36-2)16-24(21)30/h5-6,16,20,22,25-27H,3-4,7-15,17-19H2,1-2H3/t22-,25?,26?,27?,29?,30?/m1/s1. The van der Waals surface area contributed by atoms with Crippen molar-refractivity contribution in [1.29, 1.82) is 0 Å². The molecule has 5 unspecified atom stereocenters.